The van der Waals surface area contributed by atoms with Crippen LogP contribution in [-0.4, -0.2) is 21.9 Å². The van der Waals surface area contributed by atoms with E-state index in [1.165, 1.54) is 29.9 Å². The van der Waals surface area contributed by atoms with Crippen molar-refractivity contribution < 1.29 is 4.79 Å². The molecule has 0 aliphatic carbocycles. The van der Waals surface area contributed by atoms with Gasteiger partial charge in [-0.1, -0.05) is 51.5 Å². The zero-order chi connectivity index (χ0) is 14.5. The molecule has 1 atom stereocenters. The molecular formula is C15H18N2OS3. The zero-order valence-corrected chi connectivity index (χ0v) is 14.2. The normalized spacial score (nSPS) is 18.2. The Morgan fingerprint density at radius 3 is 3.05 bits per heavy atom. The molecule has 1 aromatic carbocycles. The summed E-state index contributed by atoms with van der Waals surface area (Å²) in [5.41, 5.74) is 0.952. The highest BCUT2D eigenvalue weighted by atomic mass is 33.1. The predicted molar refractivity (Wildman–Crippen MR) is 95.2 cm³/mol. The van der Waals surface area contributed by atoms with Crippen LogP contribution >= 0.6 is 32.9 Å². The van der Waals surface area contributed by atoms with Crippen LogP contribution < -0.4 is 5.32 Å². The fourth-order valence-electron chi connectivity index (χ4n) is 2.33. The largest absolute Gasteiger partial charge is 0.302 e. The number of anilines is 1. The van der Waals surface area contributed by atoms with E-state index >= 15 is 0 Å². The fourth-order valence-corrected chi connectivity index (χ4v) is 6.24. The molecule has 2 heterocycles. The zero-order valence-electron chi connectivity index (χ0n) is 11.7. The third kappa shape index (κ3) is 4.37. The number of nitrogens with one attached hydrogen (secondary N) is 1. The third-order valence-corrected chi connectivity index (χ3v) is 7.41. The van der Waals surface area contributed by atoms with Crippen molar-refractivity contribution in [1.82, 2.24) is 4.98 Å². The summed E-state index contributed by atoms with van der Waals surface area (Å²) in [5, 5.41) is 4.44. The maximum Gasteiger partial charge on any atom is 0.226 e. The van der Waals surface area contributed by atoms with Crippen LogP contribution in [0.3, 0.4) is 0 Å². The lowest BCUT2D eigenvalue weighted by atomic mass is 10.1. The molecule has 112 valence electrons. The molecule has 0 unspecified atom stereocenters. The molecular weight excluding hydrogens is 320 g/mol. The second kappa shape index (κ2) is 7.51. The molecule has 1 amide bonds. The van der Waals surface area contributed by atoms with E-state index in [4.69, 9.17) is 0 Å². The average molecular weight is 339 g/mol. The van der Waals surface area contributed by atoms with Crippen LogP contribution in [0.1, 0.15) is 32.1 Å². The number of hydrogen-bond acceptors (Lipinski definition) is 5. The van der Waals surface area contributed by atoms with E-state index in [0.29, 0.717) is 11.6 Å². The van der Waals surface area contributed by atoms with Gasteiger partial charge in [-0.05, 0) is 31.4 Å². The number of fused-ring (bicyclic) bond motifs is 1. The van der Waals surface area contributed by atoms with Gasteiger partial charge in [0.25, 0.3) is 0 Å². The first-order valence-corrected chi connectivity index (χ1v) is 10.4. The lowest BCUT2D eigenvalue weighted by Crippen LogP contribution is -2.11. The van der Waals surface area contributed by atoms with Crippen molar-refractivity contribution in [3.63, 3.8) is 0 Å². The van der Waals surface area contributed by atoms with Crippen molar-refractivity contribution in [2.75, 3.05) is 11.1 Å². The Labute approximate surface area is 136 Å². The highest BCUT2D eigenvalue weighted by molar-refractivity contribution is 8.77. The number of thiazole rings is 1. The van der Waals surface area contributed by atoms with E-state index in [2.05, 4.69) is 10.3 Å². The van der Waals surface area contributed by atoms with Crippen molar-refractivity contribution >= 4 is 54.2 Å². The van der Waals surface area contributed by atoms with Crippen molar-refractivity contribution in [2.45, 2.75) is 37.4 Å². The number of unbranched alkanes of at least 4 members (excludes halogenated alkanes) is 1. The number of para-hydroxylation sites is 1. The van der Waals surface area contributed by atoms with Gasteiger partial charge in [-0.25, -0.2) is 4.98 Å². The number of amides is 1. The minimum Gasteiger partial charge on any atom is -0.302 e. The maximum atomic E-state index is 11.9. The van der Waals surface area contributed by atoms with Gasteiger partial charge >= 0.3 is 0 Å². The van der Waals surface area contributed by atoms with Crippen molar-refractivity contribution in [3.05, 3.63) is 24.3 Å². The van der Waals surface area contributed by atoms with Crippen LogP contribution in [-0.2, 0) is 4.79 Å². The standard InChI is InChI=1S/C15H18N2OS3/c18-14(8-4-1-5-11-9-10-19-21-11)17-15-16-12-6-2-3-7-13(12)20-15/h2-3,6-7,11H,1,4-5,8-10H2,(H,16,17,18)/t11-/m1/s1. The molecule has 3 nitrogen and oxygen atoms in total. The number of carbonyl (C=O) groups excluding carboxylic acids is 1. The SMILES string of the molecule is O=C(CCCC[C@@H]1CCSS1)Nc1nc2ccccc2s1. The lowest BCUT2D eigenvalue weighted by molar-refractivity contribution is -0.116. The first-order valence-electron chi connectivity index (χ1n) is 7.25. The topological polar surface area (TPSA) is 42.0 Å². The van der Waals surface area contributed by atoms with Gasteiger partial charge in [-0.2, -0.15) is 0 Å². The Hall–Kier alpha value is -0.720. The highest BCUT2D eigenvalue weighted by Gasteiger charge is 2.16. The van der Waals surface area contributed by atoms with Crippen LogP contribution in [0.5, 0.6) is 0 Å². The summed E-state index contributed by atoms with van der Waals surface area (Å²) < 4.78 is 1.11. The van der Waals surface area contributed by atoms with Gasteiger partial charge in [0, 0.05) is 17.4 Å². The highest BCUT2D eigenvalue weighted by Crippen LogP contribution is 2.39. The van der Waals surface area contributed by atoms with Gasteiger partial charge in [0.05, 0.1) is 10.2 Å². The molecule has 0 bridgehead atoms. The number of aromatic nitrogens is 1. The summed E-state index contributed by atoms with van der Waals surface area (Å²) in [6, 6.07) is 7.96. The summed E-state index contributed by atoms with van der Waals surface area (Å²) >= 11 is 1.54. The van der Waals surface area contributed by atoms with E-state index in [-0.39, 0.29) is 5.91 Å². The first-order chi connectivity index (χ1) is 10.3. The Bertz CT molecular complexity index is 575. The quantitative estimate of drug-likeness (QED) is 0.598. The van der Waals surface area contributed by atoms with Gasteiger partial charge in [0.1, 0.15) is 0 Å². The number of hydrogen-bond donors (Lipinski definition) is 1. The van der Waals surface area contributed by atoms with Crippen molar-refractivity contribution in [2.24, 2.45) is 0 Å². The third-order valence-electron chi connectivity index (χ3n) is 3.45. The summed E-state index contributed by atoms with van der Waals surface area (Å²) in [4.78, 5) is 16.4. The molecule has 2 aromatic rings. The smallest absolute Gasteiger partial charge is 0.226 e. The van der Waals surface area contributed by atoms with E-state index in [9.17, 15) is 4.79 Å². The summed E-state index contributed by atoms with van der Waals surface area (Å²) in [5.74, 6) is 1.37. The van der Waals surface area contributed by atoms with Crippen molar-refractivity contribution in [3.8, 4) is 0 Å². The minimum atomic E-state index is 0.0857. The lowest BCUT2D eigenvalue weighted by Gasteiger charge is -2.06. The number of nitrogens with zero attached hydrogens (tertiary/aromatic N) is 1. The van der Waals surface area contributed by atoms with Crippen molar-refractivity contribution in [1.29, 1.82) is 0 Å². The number of benzene rings is 1. The summed E-state index contributed by atoms with van der Waals surface area (Å²) in [6.45, 7) is 0. The number of rotatable bonds is 6. The van der Waals surface area contributed by atoms with E-state index in [1.807, 2.05) is 45.9 Å². The van der Waals surface area contributed by atoms with Crippen LogP contribution in [0.2, 0.25) is 0 Å². The molecule has 0 spiro atoms. The summed E-state index contributed by atoms with van der Waals surface area (Å²) in [6.07, 6.45) is 5.28. The van der Waals surface area contributed by atoms with Gasteiger partial charge in [0.15, 0.2) is 5.13 Å². The van der Waals surface area contributed by atoms with Crippen LogP contribution in [0.4, 0.5) is 5.13 Å². The van der Waals surface area contributed by atoms with Gasteiger partial charge in [-0.3, -0.25) is 4.79 Å². The Balaban J connectivity index is 1.41. The summed E-state index contributed by atoms with van der Waals surface area (Å²) in [7, 11) is 3.99. The Kier molecular flexibility index (Phi) is 5.43. The first kappa shape index (κ1) is 15.2. The van der Waals surface area contributed by atoms with Crippen LogP contribution in [0.25, 0.3) is 10.2 Å². The van der Waals surface area contributed by atoms with Gasteiger partial charge < -0.3 is 5.32 Å². The molecule has 0 radical (unpaired) electrons. The molecule has 1 N–H and O–H groups in total. The molecule has 1 aliphatic heterocycles. The van der Waals surface area contributed by atoms with Gasteiger partial charge in [0.2, 0.25) is 5.91 Å². The monoisotopic (exact) mass is 338 g/mol. The maximum absolute atomic E-state index is 11.9. The average Bonchev–Trinajstić information content (AvgIpc) is 3.12. The second-order valence-corrected chi connectivity index (χ2v) is 8.93. The molecule has 1 saturated heterocycles. The van der Waals surface area contributed by atoms with E-state index < -0.39 is 0 Å². The molecule has 1 aliphatic rings. The predicted octanol–water partition coefficient (Wildman–Crippen LogP) is 4.95. The minimum absolute atomic E-state index is 0.0857. The molecule has 21 heavy (non-hydrogen) atoms. The Morgan fingerprint density at radius 2 is 2.24 bits per heavy atom. The fraction of sp³-hybridized carbons (Fsp3) is 0.467. The molecule has 6 heteroatoms. The Morgan fingerprint density at radius 1 is 1.33 bits per heavy atom. The molecule has 1 fully saturated rings. The number of carbonyl (C=O) groups is 1. The molecule has 3 rings (SSSR count). The molecule has 0 saturated carbocycles. The van der Waals surface area contributed by atoms with E-state index in [1.54, 1.807) is 0 Å². The molecule has 1 aromatic heterocycles. The second-order valence-electron chi connectivity index (χ2n) is 5.11. The van der Waals surface area contributed by atoms with E-state index in [0.717, 1.165) is 28.3 Å². The van der Waals surface area contributed by atoms with Crippen LogP contribution in [0.15, 0.2) is 24.3 Å². The van der Waals surface area contributed by atoms with Gasteiger partial charge in [-0.15, -0.1) is 0 Å². The van der Waals surface area contributed by atoms with Crippen LogP contribution in [0, 0.1) is 0 Å².